The minimum Gasteiger partial charge on any atom is -0.234 e. The van der Waals surface area contributed by atoms with Crippen molar-refractivity contribution in [2.75, 3.05) is 0 Å². The molecular weight excluding hydrogens is 532 g/mol. The van der Waals surface area contributed by atoms with Gasteiger partial charge < -0.3 is 0 Å². The van der Waals surface area contributed by atoms with Gasteiger partial charge in [0.15, 0.2) is 0 Å². The summed E-state index contributed by atoms with van der Waals surface area (Å²) in [5.74, 6) is 1.62. The minimum atomic E-state index is 1.23. The lowest BCUT2D eigenvalue weighted by molar-refractivity contribution is -0.704. The van der Waals surface area contributed by atoms with Crippen molar-refractivity contribution < 1.29 is 4.57 Å². The van der Waals surface area contributed by atoms with E-state index < -0.39 is 0 Å². The normalized spacial score (nSPS) is 11.6. The molecule has 0 saturated heterocycles. The molecule has 0 unspecified atom stereocenters. The zero-order chi connectivity index (χ0) is 31.6. The fourth-order valence-corrected chi connectivity index (χ4v) is 7.03. The molecule has 1 heterocycles. The molecule has 0 aliphatic heterocycles. The van der Waals surface area contributed by atoms with Crippen LogP contribution in [0.5, 0.6) is 0 Å². The van der Waals surface area contributed by atoms with E-state index in [1.54, 1.807) is 5.82 Å². The monoisotopic (exact) mass is 616 g/mol. The van der Waals surface area contributed by atoms with Gasteiger partial charge in [0.2, 0.25) is 0 Å². The summed E-state index contributed by atoms with van der Waals surface area (Å²) in [5, 5.41) is 0. The van der Waals surface area contributed by atoms with E-state index in [1.807, 2.05) is 0 Å². The van der Waals surface area contributed by atoms with Crippen LogP contribution in [0.4, 0.5) is 0 Å². The molecule has 0 saturated carbocycles. The first-order valence-electron chi connectivity index (χ1n) is 20.9. The van der Waals surface area contributed by atoms with Gasteiger partial charge in [-0.2, -0.15) is 0 Å². The number of aromatic nitrogens is 2. The van der Waals surface area contributed by atoms with Gasteiger partial charge in [-0.3, -0.25) is 0 Å². The van der Waals surface area contributed by atoms with Crippen LogP contribution in [0.15, 0.2) is 12.4 Å². The number of nitrogens with zero attached hydrogens (tertiary/aromatic N) is 2. The van der Waals surface area contributed by atoms with E-state index in [0.29, 0.717) is 0 Å². The van der Waals surface area contributed by atoms with Crippen LogP contribution in [-0.2, 0) is 19.5 Å². The van der Waals surface area contributed by atoms with Crippen LogP contribution in [0.2, 0.25) is 0 Å². The molecule has 2 nitrogen and oxygen atoms in total. The molecular formula is C42H83N2+. The number of imidazole rings is 1. The molecule has 2 heteroatoms. The van der Waals surface area contributed by atoms with E-state index in [0.717, 1.165) is 0 Å². The predicted molar refractivity (Wildman–Crippen MR) is 198 cm³/mol. The lowest BCUT2D eigenvalue weighted by Gasteiger charge is -2.07. The van der Waals surface area contributed by atoms with Crippen LogP contribution in [0.25, 0.3) is 0 Å². The summed E-state index contributed by atoms with van der Waals surface area (Å²) in [6.07, 6.45) is 53.4. The lowest BCUT2D eigenvalue weighted by atomic mass is 10.0. The van der Waals surface area contributed by atoms with Crippen LogP contribution in [0.3, 0.4) is 0 Å². The van der Waals surface area contributed by atoms with E-state index in [-0.39, 0.29) is 0 Å². The van der Waals surface area contributed by atoms with Gasteiger partial charge in [-0.05, 0) is 32.1 Å². The predicted octanol–water partition coefficient (Wildman–Crippen LogP) is 14.3. The maximum absolute atomic E-state index is 2.63. The number of aryl methyl sites for hydroxylation is 2. The number of hydrogen-bond acceptors (Lipinski definition) is 0. The Hall–Kier alpha value is -0.790. The van der Waals surface area contributed by atoms with E-state index in [9.17, 15) is 0 Å². The second-order valence-corrected chi connectivity index (χ2v) is 14.5. The van der Waals surface area contributed by atoms with Gasteiger partial charge in [-0.25, -0.2) is 9.13 Å². The Kier molecular flexibility index (Phi) is 31.5. The first kappa shape index (κ1) is 41.2. The lowest BCUT2D eigenvalue weighted by Crippen LogP contribution is -2.37. The molecule has 1 rings (SSSR count). The van der Waals surface area contributed by atoms with Gasteiger partial charge in [-0.15, -0.1) is 0 Å². The molecule has 0 spiro atoms. The Morgan fingerprint density at radius 1 is 0.386 bits per heavy atom. The molecule has 0 atom stereocenters. The first-order chi connectivity index (χ1) is 21.8. The Labute approximate surface area is 279 Å². The van der Waals surface area contributed by atoms with Crippen LogP contribution in [0.1, 0.15) is 238 Å². The molecule has 1 aromatic heterocycles. The van der Waals surface area contributed by atoms with Gasteiger partial charge in [0.05, 0.1) is 13.1 Å². The maximum Gasteiger partial charge on any atom is 0.256 e. The van der Waals surface area contributed by atoms with Gasteiger partial charge in [0, 0.05) is 6.42 Å². The molecule has 0 bridgehead atoms. The van der Waals surface area contributed by atoms with Crippen molar-refractivity contribution in [3.05, 3.63) is 18.2 Å². The van der Waals surface area contributed by atoms with Gasteiger partial charge in [-0.1, -0.05) is 201 Å². The van der Waals surface area contributed by atoms with Crippen LogP contribution >= 0.6 is 0 Å². The average Bonchev–Trinajstić information content (AvgIpc) is 3.42. The maximum atomic E-state index is 2.63. The van der Waals surface area contributed by atoms with Crippen molar-refractivity contribution in [3.63, 3.8) is 0 Å². The molecule has 0 aromatic carbocycles. The SMILES string of the molecule is CCCCCCCCCCCCCCCCCCCc1n(CCCCCCCC)cc[n+]1CCCCCCCCCCCC. The van der Waals surface area contributed by atoms with Crippen molar-refractivity contribution in [2.45, 2.75) is 252 Å². The zero-order valence-corrected chi connectivity index (χ0v) is 31.0. The molecule has 0 aliphatic carbocycles. The highest BCUT2D eigenvalue weighted by Crippen LogP contribution is 2.16. The summed E-state index contributed by atoms with van der Waals surface area (Å²) in [6, 6.07) is 0. The number of rotatable bonds is 36. The van der Waals surface area contributed by atoms with E-state index in [1.165, 1.54) is 231 Å². The third-order valence-corrected chi connectivity index (χ3v) is 10.1. The van der Waals surface area contributed by atoms with Crippen LogP contribution in [-0.4, -0.2) is 4.57 Å². The Bertz CT molecular complexity index is 677. The third-order valence-electron chi connectivity index (χ3n) is 10.1. The molecule has 1 aromatic rings. The highest BCUT2D eigenvalue weighted by Gasteiger charge is 2.16. The topological polar surface area (TPSA) is 8.81 Å². The average molecular weight is 616 g/mol. The van der Waals surface area contributed by atoms with Crippen LogP contribution in [0, 0.1) is 0 Å². The van der Waals surface area contributed by atoms with Gasteiger partial charge >= 0.3 is 0 Å². The molecule has 0 radical (unpaired) electrons. The molecule has 0 fully saturated rings. The summed E-state index contributed by atoms with van der Waals surface area (Å²) in [7, 11) is 0. The van der Waals surface area contributed by atoms with E-state index in [2.05, 4.69) is 42.3 Å². The molecule has 44 heavy (non-hydrogen) atoms. The standard InChI is InChI=1S/C42H83N2/c1-4-7-10-13-16-18-20-21-22-23-24-25-26-27-29-31-34-37-42-43(38-35-32-15-12-9-6-3)40-41-44(42)39-36-33-30-28-19-17-14-11-8-5-2/h40-41H,4-39H2,1-3H3/q+1. The molecule has 260 valence electrons. The summed E-state index contributed by atoms with van der Waals surface area (Å²) >= 11 is 0. The summed E-state index contributed by atoms with van der Waals surface area (Å²) in [5.41, 5.74) is 0. The van der Waals surface area contributed by atoms with Crippen LogP contribution < -0.4 is 4.57 Å². The molecule has 0 N–H and O–H groups in total. The Morgan fingerprint density at radius 2 is 0.705 bits per heavy atom. The van der Waals surface area contributed by atoms with Crippen molar-refractivity contribution in [2.24, 2.45) is 0 Å². The zero-order valence-electron chi connectivity index (χ0n) is 31.0. The summed E-state index contributed by atoms with van der Waals surface area (Å²) in [4.78, 5) is 0. The highest BCUT2D eigenvalue weighted by molar-refractivity contribution is 4.84. The number of unbranched alkanes of at least 4 members (excludes halogenated alkanes) is 30. The van der Waals surface area contributed by atoms with Gasteiger partial charge in [0.25, 0.3) is 5.82 Å². The quantitative estimate of drug-likeness (QED) is 0.0524. The smallest absolute Gasteiger partial charge is 0.234 e. The summed E-state index contributed by atoms with van der Waals surface area (Å²) < 4.78 is 5.26. The molecule has 0 amide bonds. The number of hydrogen-bond donors (Lipinski definition) is 0. The largest absolute Gasteiger partial charge is 0.256 e. The molecule has 0 aliphatic rings. The highest BCUT2D eigenvalue weighted by atomic mass is 15.1. The Morgan fingerprint density at radius 3 is 1.09 bits per heavy atom. The second-order valence-electron chi connectivity index (χ2n) is 14.5. The van der Waals surface area contributed by atoms with E-state index in [4.69, 9.17) is 0 Å². The van der Waals surface area contributed by atoms with Gasteiger partial charge in [0.1, 0.15) is 12.4 Å². The van der Waals surface area contributed by atoms with Crippen molar-refractivity contribution in [1.82, 2.24) is 4.57 Å². The van der Waals surface area contributed by atoms with Crippen molar-refractivity contribution >= 4 is 0 Å². The van der Waals surface area contributed by atoms with E-state index >= 15 is 0 Å². The van der Waals surface area contributed by atoms with Crippen molar-refractivity contribution in [3.8, 4) is 0 Å². The second kappa shape index (κ2) is 33.6. The first-order valence-corrected chi connectivity index (χ1v) is 20.9. The third kappa shape index (κ3) is 25.4. The summed E-state index contributed by atoms with van der Waals surface area (Å²) in [6.45, 7) is 9.40. The minimum absolute atomic E-state index is 1.23. The van der Waals surface area contributed by atoms with Crippen molar-refractivity contribution in [1.29, 1.82) is 0 Å². The fraction of sp³-hybridized carbons (Fsp3) is 0.929. The fourth-order valence-electron chi connectivity index (χ4n) is 7.03. The Balaban J connectivity index is 2.19.